The van der Waals surface area contributed by atoms with Gasteiger partial charge in [-0.1, -0.05) is 6.07 Å². The molecule has 0 amide bonds. The van der Waals surface area contributed by atoms with E-state index in [4.69, 9.17) is 9.47 Å². The van der Waals surface area contributed by atoms with Gasteiger partial charge < -0.3 is 9.47 Å². The van der Waals surface area contributed by atoms with Crippen LogP contribution in [0.4, 0.5) is 0 Å². The van der Waals surface area contributed by atoms with Crippen molar-refractivity contribution in [3.8, 4) is 11.5 Å². The Labute approximate surface area is 117 Å². The van der Waals surface area contributed by atoms with Gasteiger partial charge in [0.2, 0.25) is 0 Å². The number of benzene rings is 1. The van der Waals surface area contributed by atoms with Gasteiger partial charge in [-0.25, -0.2) is 9.67 Å². The van der Waals surface area contributed by atoms with E-state index < -0.39 is 0 Å². The van der Waals surface area contributed by atoms with Gasteiger partial charge in [0.1, 0.15) is 12.2 Å². The van der Waals surface area contributed by atoms with Crippen molar-refractivity contribution < 1.29 is 14.3 Å². The highest BCUT2D eigenvalue weighted by Gasteiger charge is 2.18. The van der Waals surface area contributed by atoms with Gasteiger partial charge in [0, 0.05) is 6.54 Å². The van der Waals surface area contributed by atoms with E-state index in [2.05, 4.69) is 10.1 Å². The zero-order chi connectivity index (χ0) is 14.5. The van der Waals surface area contributed by atoms with Crippen LogP contribution in [0, 0.1) is 0 Å². The first-order chi connectivity index (χ1) is 9.71. The number of methoxy groups -OCH3 is 2. The SMILES string of the molecule is CCn1ncnc1CC(=O)c1cccc(OC)c1OC. The van der Waals surface area contributed by atoms with Gasteiger partial charge in [-0.05, 0) is 19.1 Å². The predicted molar refractivity (Wildman–Crippen MR) is 73.3 cm³/mol. The van der Waals surface area contributed by atoms with Crippen LogP contribution in [0.15, 0.2) is 24.5 Å². The molecule has 1 aromatic carbocycles. The van der Waals surface area contributed by atoms with Gasteiger partial charge in [0.05, 0.1) is 26.2 Å². The molecule has 0 unspecified atom stereocenters. The molecule has 0 aliphatic rings. The fourth-order valence-electron chi connectivity index (χ4n) is 2.03. The van der Waals surface area contributed by atoms with Crippen molar-refractivity contribution in [2.45, 2.75) is 19.9 Å². The van der Waals surface area contributed by atoms with Gasteiger partial charge in [0.25, 0.3) is 0 Å². The maximum Gasteiger partial charge on any atom is 0.174 e. The average molecular weight is 275 g/mol. The van der Waals surface area contributed by atoms with E-state index in [1.807, 2.05) is 6.92 Å². The Morgan fingerprint density at radius 3 is 2.75 bits per heavy atom. The molecule has 2 rings (SSSR count). The first-order valence-electron chi connectivity index (χ1n) is 6.32. The van der Waals surface area contributed by atoms with Gasteiger partial charge >= 0.3 is 0 Å². The van der Waals surface area contributed by atoms with Crippen molar-refractivity contribution in [2.24, 2.45) is 0 Å². The summed E-state index contributed by atoms with van der Waals surface area (Å²) in [6.45, 7) is 2.63. The second kappa shape index (κ2) is 6.18. The second-order valence-corrected chi connectivity index (χ2v) is 4.13. The smallest absolute Gasteiger partial charge is 0.174 e. The van der Waals surface area contributed by atoms with E-state index in [0.717, 1.165) is 0 Å². The Hall–Kier alpha value is -2.37. The van der Waals surface area contributed by atoms with Crippen molar-refractivity contribution in [1.82, 2.24) is 14.8 Å². The molecule has 0 saturated carbocycles. The molecule has 0 spiro atoms. The lowest BCUT2D eigenvalue weighted by Gasteiger charge is -2.11. The van der Waals surface area contributed by atoms with Gasteiger partial charge in [0.15, 0.2) is 17.3 Å². The third-order valence-electron chi connectivity index (χ3n) is 3.02. The summed E-state index contributed by atoms with van der Waals surface area (Å²) in [5.74, 6) is 1.55. The molecule has 1 aromatic heterocycles. The molecular weight excluding hydrogens is 258 g/mol. The molecule has 0 saturated heterocycles. The minimum atomic E-state index is -0.0801. The van der Waals surface area contributed by atoms with E-state index >= 15 is 0 Å². The molecule has 6 heteroatoms. The van der Waals surface area contributed by atoms with Crippen LogP contribution < -0.4 is 9.47 Å². The molecule has 0 N–H and O–H groups in total. The number of hydrogen-bond acceptors (Lipinski definition) is 5. The number of aromatic nitrogens is 3. The van der Waals surface area contributed by atoms with Crippen molar-refractivity contribution in [3.63, 3.8) is 0 Å². The quantitative estimate of drug-likeness (QED) is 0.751. The number of ketones is 1. The van der Waals surface area contributed by atoms with E-state index in [9.17, 15) is 4.79 Å². The van der Waals surface area contributed by atoms with E-state index in [1.54, 1.807) is 30.0 Å². The highest BCUT2D eigenvalue weighted by Crippen LogP contribution is 2.31. The summed E-state index contributed by atoms with van der Waals surface area (Å²) >= 11 is 0. The second-order valence-electron chi connectivity index (χ2n) is 4.13. The Morgan fingerprint density at radius 1 is 1.30 bits per heavy atom. The number of carbonyl (C=O) groups is 1. The first kappa shape index (κ1) is 14.0. The van der Waals surface area contributed by atoms with Gasteiger partial charge in [-0.15, -0.1) is 0 Å². The minimum Gasteiger partial charge on any atom is -0.493 e. The summed E-state index contributed by atoms with van der Waals surface area (Å²) in [5.41, 5.74) is 0.484. The Bertz CT molecular complexity index is 607. The molecule has 0 bridgehead atoms. The molecule has 6 nitrogen and oxygen atoms in total. The van der Waals surface area contributed by atoms with Crippen LogP contribution >= 0.6 is 0 Å². The van der Waals surface area contributed by atoms with Crippen LogP contribution in [0.2, 0.25) is 0 Å². The van der Waals surface area contributed by atoms with Gasteiger partial charge in [-0.3, -0.25) is 4.79 Å². The third-order valence-corrected chi connectivity index (χ3v) is 3.02. The highest BCUT2D eigenvalue weighted by molar-refractivity contribution is 6.00. The molecule has 20 heavy (non-hydrogen) atoms. The van der Waals surface area contributed by atoms with Crippen LogP contribution in [0.3, 0.4) is 0 Å². The molecule has 106 valence electrons. The van der Waals surface area contributed by atoms with Crippen LogP contribution in [-0.4, -0.2) is 34.8 Å². The standard InChI is InChI=1S/C14H17N3O3/c1-4-17-13(15-9-16-17)8-11(18)10-6-5-7-12(19-2)14(10)20-3/h5-7,9H,4,8H2,1-3H3. The summed E-state index contributed by atoms with van der Waals surface area (Å²) in [6, 6.07) is 5.24. The number of nitrogens with zero attached hydrogens (tertiary/aromatic N) is 3. The number of rotatable bonds is 6. The monoisotopic (exact) mass is 275 g/mol. The third kappa shape index (κ3) is 2.64. The molecule has 0 atom stereocenters. The van der Waals surface area contributed by atoms with E-state index in [0.29, 0.717) is 29.4 Å². The highest BCUT2D eigenvalue weighted by atomic mass is 16.5. The number of ether oxygens (including phenoxy) is 2. The number of hydrogen-bond donors (Lipinski definition) is 0. The number of para-hydroxylation sites is 1. The molecule has 0 aliphatic heterocycles. The van der Waals surface area contributed by atoms with Crippen LogP contribution in [0.25, 0.3) is 0 Å². The summed E-state index contributed by atoms with van der Waals surface area (Å²) in [6.07, 6.45) is 1.63. The molecule has 2 aromatic rings. The molecule has 0 fully saturated rings. The first-order valence-corrected chi connectivity index (χ1v) is 6.32. The molecular formula is C14H17N3O3. The summed E-state index contributed by atoms with van der Waals surface area (Å²) in [5, 5.41) is 4.06. The predicted octanol–water partition coefficient (Wildman–Crippen LogP) is 1.74. The number of carbonyl (C=O) groups excluding carboxylic acids is 1. The minimum absolute atomic E-state index is 0.0801. The van der Waals surface area contributed by atoms with Crippen molar-refractivity contribution in [3.05, 3.63) is 35.9 Å². The fraction of sp³-hybridized carbons (Fsp3) is 0.357. The van der Waals surface area contributed by atoms with Gasteiger partial charge in [-0.2, -0.15) is 5.10 Å². The van der Waals surface area contributed by atoms with Crippen LogP contribution in [0.5, 0.6) is 11.5 Å². The zero-order valence-corrected chi connectivity index (χ0v) is 11.8. The lowest BCUT2D eigenvalue weighted by Crippen LogP contribution is -2.12. The Morgan fingerprint density at radius 2 is 2.10 bits per heavy atom. The van der Waals surface area contributed by atoms with E-state index in [-0.39, 0.29) is 12.2 Å². The Kier molecular flexibility index (Phi) is 4.34. The van der Waals surface area contributed by atoms with Crippen LogP contribution in [-0.2, 0) is 13.0 Å². The number of aryl methyl sites for hydroxylation is 1. The van der Waals surface area contributed by atoms with E-state index in [1.165, 1.54) is 13.4 Å². The van der Waals surface area contributed by atoms with Crippen molar-refractivity contribution in [1.29, 1.82) is 0 Å². The summed E-state index contributed by atoms with van der Waals surface area (Å²) in [4.78, 5) is 16.5. The summed E-state index contributed by atoms with van der Waals surface area (Å²) < 4.78 is 12.2. The zero-order valence-electron chi connectivity index (χ0n) is 11.8. The number of Topliss-reactive ketones (excluding diaryl/α,β-unsaturated/α-hetero) is 1. The lowest BCUT2D eigenvalue weighted by molar-refractivity contribution is 0.0986. The van der Waals surface area contributed by atoms with Crippen molar-refractivity contribution >= 4 is 5.78 Å². The normalized spacial score (nSPS) is 10.3. The summed E-state index contributed by atoms with van der Waals surface area (Å²) in [7, 11) is 3.06. The molecule has 1 heterocycles. The van der Waals surface area contributed by atoms with Crippen molar-refractivity contribution in [2.75, 3.05) is 14.2 Å². The fourth-order valence-corrected chi connectivity index (χ4v) is 2.03. The molecule has 0 radical (unpaired) electrons. The lowest BCUT2D eigenvalue weighted by atomic mass is 10.1. The maximum absolute atomic E-state index is 12.4. The average Bonchev–Trinajstić information content (AvgIpc) is 2.93. The largest absolute Gasteiger partial charge is 0.493 e. The maximum atomic E-state index is 12.4. The molecule has 0 aliphatic carbocycles. The van der Waals surface area contributed by atoms with Crippen LogP contribution in [0.1, 0.15) is 23.1 Å². The topological polar surface area (TPSA) is 66.2 Å². The Balaban J connectivity index is 2.30.